The Balaban J connectivity index is 1.63. The summed E-state index contributed by atoms with van der Waals surface area (Å²) in [7, 11) is 0. The molecule has 1 aromatic carbocycles. The van der Waals surface area contributed by atoms with Crippen LogP contribution in [0.15, 0.2) is 61.3 Å². The molecule has 1 atom stereocenters. The quantitative estimate of drug-likeness (QED) is 0.692. The van der Waals surface area contributed by atoms with E-state index in [4.69, 9.17) is 11.6 Å². The molecule has 0 aliphatic carbocycles. The lowest BCUT2D eigenvalue weighted by molar-refractivity contribution is -0.121. The van der Waals surface area contributed by atoms with Gasteiger partial charge in [0.15, 0.2) is 0 Å². The van der Waals surface area contributed by atoms with Crippen LogP contribution in [0.1, 0.15) is 23.7 Å². The number of imidazole rings is 1. The molecule has 0 bridgehead atoms. The zero-order chi connectivity index (χ0) is 16.8. The zero-order valence-corrected chi connectivity index (χ0v) is 13.9. The van der Waals surface area contributed by atoms with Crippen LogP contribution in [0.4, 0.5) is 0 Å². The van der Waals surface area contributed by atoms with Crippen molar-refractivity contribution < 1.29 is 4.79 Å². The topological polar surface area (TPSA) is 62.7 Å². The number of carbonyl (C=O) groups excluding carboxylic acids is 1. The predicted octanol–water partition coefficient (Wildman–Crippen LogP) is 3.20. The first kappa shape index (κ1) is 16.3. The minimum Gasteiger partial charge on any atom is -0.356 e. The van der Waals surface area contributed by atoms with Gasteiger partial charge in [-0.3, -0.25) is 4.79 Å². The van der Waals surface area contributed by atoms with E-state index in [9.17, 15) is 4.79 Å². The second kappa shape index (κ2) is 7.84. The van der Waals surface area contributed by atoms with Crippen LogP contribution in [0.5, 0.6) is 0 Å². The molecule has 3 aromatic rings. The molecule has 0 saturated carbocycles. The van der Waals surface area contributed by atoms with Crippen LogP contribution in [0.3, 0.4) is 0 Å². The van der Waals surface area contributed by atoms with Gasteiger partial charge in [-0.25, -0.2) is 4.98 Å². The van der Waals surface area contributed by atoms with Gasteiger partial charge in [0.05, 0.1) is 18.8 Å². The van der Waals surface area contributed by atoms with E-state index in [-0.39, 0.29) is 11.9 Å². The maximum atomic E-state index is 12.3. The first-order valence-corrected chi connectivity index (χ1v) is 8.22. The van der Waals surface area contributed by atoms with Crippen molar-refractivity contribution in [3.63, 3.8) is 0 Å². The lowest BCUT2D eigenvalue weighted by Gasteiger charge is -2.19. The Hall–Kier alpha value is -2.53. The molecule has 3 rings (SSSR count). The van der Waals surface area contributed by atoms with Gasteiger partial charge in [-0.1, -0.05) is 23.7 Å². The van der Waals surface area contributed by atoms with Crippen molar-refractivity contribution in [2.75, 3.05) is 6.54 Å². The van der Waals surface area contributed by atoms with Gasteiger partial charge in [0.1, 0.15) is 0 Å². The average molecular weight is 343 g/mol. The number of rotatable bonds is 7. The summed E-state index contributed by atoms with van der Waals surface area (Å²) in [5.74, 6) is 0.0168. The Morgan fingerprint density at radius 2 is 2.00 bits per heavy atom. The van der Waals surface area contributed by atoms with E-state index in [2.05, 4.69) is 15.3 Å². The summed E-state index contributed by atoms with van der Waals surface area (Å²) >= 11 is 5.97. The molecule has 6 heteroatoms. The number of nitrogens with zero attached hydrogens (tertiary/aromatic N) is 2. The molecular weight excluding hydrogens is 324 g/mol. The Labute approximate surface area is 145 Å². The van der Waals surface area contributed by atoms with Gasteiger partial charge in [0.25, 0.3) is 0 Å². The molecule has 1 amide bonds. The normalized spacial score (nSPS) is 12.0. The van der Waals surface area contributed by atoms with Crippen LogP contribution >= 0.6 is 11.6 Å². The van der Waals surface area contributed by atoms with Gasteiger partial charge < -0.3 is 14.9 Å². The largest absolute Gasteiger partial charge is 0.356 e. The van der Waals surface area contributed by atoms with Crippen LogP contribution in [0.25, 0.3) is 0 Å². The second-order valence-corrected chi connectivity index (χ2v) is 6.01. The Morgan fingerprint density at radius 1 is 1.25 bits per heavy atom. The van der Waals surface area contributed by atoms with Crippen molar-refractivity contribution in [3.05, 3.63) is 77.6 Å². The molecule has 0 aliphatic rings. The molecule has 2 aromatic heterocycles. The summed E-state index contributed by atoms with van der Waals surface area (Å²) in [6.45, 7) is 0.583. The monoisotopic (exact) mass is 342 g/mol. The summed E-state index contributed by atoms with van der Waals surface area (Å²) in [5, 5.41) is 3.66. The lowest BCUT2D eigenvalue weighted by Crippen LogP contribution is -2.28. The first-order valence-electron chi connectivity index (χ1n) is 7.84. The van der Waals surface area contributed by atoms with E-state index in [1.54, 1.807) is 12.5 Å². The highest BCUT2D eigenvalue weighted by molar-refractivity contribution is 6.30. The third-order valence-electron chi connectivity index (χ3n) is 3.89. The SMILES string of the molecule is O=C(CC(c1ccc(Cl)cc1)n1cccc1)NCCc1cnc[nH]1. The van der Waals surface area contributed by atoms with Crippen molar-refractivity contribution in [2.24, 2.45) is 0 Å². The molecule has 0 saturated heterocycles. The maximum absolute atomic E-state index is 12.3. The van der Waals surface area contributed by atoms with Gasteiger partial charge in [-0.05, 0) is 29.8 Å². The molecule has 24 heavy (non-hydrogen) atoms. The first-order chi connectivity index (χ1) is 11.7. The fourth-order valence-corrected chi connectivity index (χ4v) is 2.77. The van der Waals surface area contributed by atoms with Crippen molar-refractivity contribution in [1.82, 2.24) is 19.9 Å². The third kappa shape index (κ3) is 4.26. The van der Waals surface area contributed by atoms with Crippen LogP contribution in [-0.2, 0) is 11.2 Å². The van der Waals surface area contributed by atoms with Gasteiger partial charge in [-0.15, -0.1) is 0 Å². The highest BCUT2D eigenvalue weighted by atomic mass is 35.5. The van der Waals surface area contributed by atoms with Crippen molar-refractivity contribution in [3.8, 4) is 0 Å². The smallest absolute Gasteiger partial charge is 0.222 e. The van der Waals surface area contributed by atoms with E-state index in [0.29, 0.717) is 18.0 Å². The number of aromatic amines is 1. The minimum absolute atomic E-state index is 0.0168. The number of H-pyrrole nitrogens is 1. The predicted molar refractivity (Wildman–Crippen MR) is 93.9 cm³/mol. The number of nitrogens with one attached hydrogen (secondary N) is 2. The number of halogens is 1. The highest BCUT2D eigenvalue weighted by Crippen LogP contribution is 2.23. The number of aromatic nitrogens is 3. The van der Waals surface area contributed by atoms with Crippen molar-refractivity contribution >= 4 is 17.5 Å². The molecular formula is C18H19ClN4O. The molecule has 5 nitrogen and oxygen atoms in total. The van der Waals surface area contributed by atoms with E-state index in [1.165, 1.54) is 0 Å². The number of amides is 1. The van der Waals surface area contributed by atoms with E-state index >= 15 is 0 Å². The molecule has 0 aliphatic heterocycles. The van der Waals surface area contributed by atoms with Gasteiger partial charge in [0, 0.05) is 42.3 Å². The Morgan fingerprint density at radius 3 is 2.67 bits per heavy atom. The van der Waals surface area contributed by atoms with Crippen LogP contribution in [-0.4, -0.2) is 27.0 Å². The van der Waals surface area contributed by atoms with Crippen LogP contribution < -0.4 is 5.32 Å². The number of hydrogen-bond donors (Lipinski definition) is 2. The lowest BCUT2D eigenvalue weighted by atomic mass is 10.0. The number of hydrogen-bond acceptors (Lipinski definition) is 2. The Kier molecular flexibility index (Phi) is 5.33. The molecule has 124 valence electrons. The molecule has 0 radical (unpaired) electrons. The fourth-order valence-electron chi connectivity index (χ4n) is 2.64. The second-order valence-electron chi connectivity index (χ2n) is 5.58. The summed E-state index contributed by atoms with van der Waals surface area (Å²) < 4.78 is 2.04. The van der Waals surface area contributed by atoms with Gasteiger partial charge in [-0.2, -0.15) is 0 Å². The summed E-state index contributed by atoms with van der Waals surface area (Å²) in [4.78, 5) is 19.3. The summed E-state index contributed by atoms with van der Waals surface area (Å²) in [5.41, 5.74) is 2.06. The van der Waals surface area contributed by atoms with Gasteiger partial charge in [0.2, 0.25) is 5.91 Å². The zero-order valence-electron chi connectivity index (χ0n) is 13.2. The maximum Gasteiger partial charge on any atom is 0.222 e. The minimum atomic E-state index is -0.0515. The Bertz CT molecular complexity index is 751. The number of carbonyl (C=O) groups is 1. The molecule has 0 spiro atoms. The van der Waals surface area contributed by atoms with Crippen LogP contribution in [0, 0.1) is 0 Å². The molecule has 2 N–H and O–H groups in total. The average Bonchev–Trinajstić information content (AvgIpc) is 3.27. The molecule has 2 heterocycles. The molecule has 1 unspecified atom stereocenters. The standard InChI is InChI=1S/C18H19ClN4O/c19-15-5-3-14(4-6-15)17(23-9-1-2-10-23)11-18(24)21-8-7-16-12-20-13-22-16/h1-6,9-10,12-13,17H,7-8,11H2,(H,20,22)(H,21,24). The summed E-state index contributed by atoms with van der Waals surface area (Å²) in [6.07, 6.45) is 8.46. The molecule has 0 fully saturated rings. The van der Waals surface area contributed by atoms with Crippen LogP contribution in [0.2, 0.25) is 5.02 Å². The highest BCUT2D eigenvalue weighted by Gasteiger charge is 2.17. The van der Waals surface area contributed by atoms with E-state index in [1.807, 2.05) is 53.4 Å². The fraction of sp³-hybridized carbons (Fsp3) is 0.222. The summed E-state index contributed by atoms with van der Waals surface area (Å²) in [6, 6.07) is 11.5. The third-order valence-corrected chi connectivity index (χ3v) is 4.14. The van der Waals surface area contributed by atoms with Crippen molar-refractivity contribution in [2.45, 2.75) is 18.9 Å². The van der Waals surface area contributed by atoms with Gasteiger partial charge >= 0.3 is 0 Å². The van der Waals surface area contributed by atoms with E-state index in [0.717, 1.165) is 17.7 Å². The number of benzene rings is 1. The van der Waals surface area contributed by atoms with Crippen molar-refractivity contribution in [1.29, 1.82) is 0 Å². The van der Waals surface area contributed by atoms with E-state index < -0.39 is 0 Å².